The molecule has 0 radical (unpaired) electrons. The summed E-state index contributed by atoms with van der Waals surface area (Å²) in [4.78, 5) is 37.9. The molecule has 0 heterocycles. The summed E-state index contributed by atoms with van der Waals surface area (Å²) in [7, 11) is 0. The van der Waals surface area contributed by atoms with E-state index in [9.17, 15) is 14.4 Å². The van der Waals surface area contributed by atoms with Gasteiger partial charge in [0, 0.05) is 19.3 Å². The Hall–Kier alpha value is -4.71. The van der Waals surface area contributed by atoms with Crippen LogP contribution in [0.4, 0.5) is 0 Å². The molecule has 0 aromatic rings. The standard InChI is InChI=1S/C57H86O6/c1-4-7-10-13-16-19-22-25-26-27-28-29-30-33-35-38-41-44-47-50-56(59)62-53-54(63-57(60)51-48-45-42-39-36-32-24-21-18-15-12-9-6-3)52-61-55(58)49-46-43-40-37-34-31-23-20-17-14-11-8-5-2/h7-12,14-21,23-26,28-29,31-32,34,36,54H,4-6,13,22,27,30,33,35,37-53H2,1-3H3/b10-7-,11-8-,12-9-,17-14-,18-15-,19-16-,23-20-,24-21-,26-25-,29-28-,34-31-,36-32-. The lowest BCUT2D eigenvalue weighted by Crippen LogP contribution is -2.30. The molecule has 0 fully saturated rings. The van der Waals surface area contributed by atoms with Crippen molar-refractivity contribution in [2.45, 2.75) is 181 Å². The van der Waals surface area contributed by atoms with Crippen molar-refractivity contribution in [1.82, 2.24) is 0 Å². The molecule has 6 nitrogen and oxygen atoms in total. The van der Waals surface area contributed by atoms with E-state index in [1.807, 2.05) is 72.9 Å². The third-order valence-electron chi connectivity index (χ3n) is 9.51. The number of hydrogen-bond donors (Lipinski definition) is 0. The second kappa shape index (κ2) is 49.9. The molecule has 350 valence electrons. The number of hydrogen-bond acceptors (Lipinski definition) is 6. The van der Waals surface area contributed by atoms with Gasteiger partial charge in [0.25, 0.3) is 0 Å². The van der Waals surface area contributed by atoms with Gasteiger partial charge in [0.2, 0.25) is 0 Å². The Balaban J connectivity index is 4.53. The van der Waals surface area contributed by atoms with Gasteiger partial charge in [-0.15, -0.1) is 0 Å². The molecule has 6 heteroatoms. The molecule has 0 aromatic carbocycles. The monoisotopic (exact) mass is 867 g/mol. The van der Waals surface area contributed by atoms with Crippen molar-refractivity contribution in [3.63, 3.8) is 0 Å². The van der Waals surface area contributed by atoms with Crippen LogP contribution in [0.1, 0.15) is 175 Å². The van der Waals surface area contributed by atoms with Crippen LogP contribution in [0.25, 0.3) is 0 Å². The van der Waals surface area contributed by atoms with Gasteiger partial charge in [-0.2, -0.15) is 0 Å². The van der Waals surface area contributed by atoms with Crippen LogP contribution in [0, 0.1) is 0 Å². The summed E-state index contributed by atoms with van der Waals surface area (Å²) < 4.78 is 16.7. The number of ether oxygens (including phenoxy) is 3. The highest BCUT2D eigenvalue weighted by Gasteiger charge is 2.19. The molecule has 0 amide bonds. The summed E-state index contributed by atoms with van der Waals surface area (Å²) in [5.41, 5.74) is 0. The maximum absolute atomic E-state index is 12.8. The first kappa shape index (κ1) is 58.3. The van der Waals surface area contributed by atoms with E-state index in [0.717, 1.165) is 116 Å². The molecule has 0 aliphatic heterocycles. The first-order valence-corrected chi connectivity index (χ1v) is 24.4. The summed E-state index contributed by atoms with van der Waals surface area (Å²) in [6.07, 6.45) is 71.2. The molecule has 0 spiro atoms. The van der Waals surface area contributed by atoms with Gasteiger partial charge < -0.3 is 14.2 Å². The molecule has 1 atom stereocenters. The van der Waals surface area contributed by atoms with Crippen LogP contribution in [0.3, 0.4) is 0 Å². The van der Waals surface area contributed by atoms with Gasteiger partial charge in [0.15, 0.2) is 6.10 Å². The van der Waals surface area contributed by atoms with Gasteiger partial charge in [-0.05, 0) is 96.3 Å². The molecule has 0 aromatic heterocycles. The SMILES string of the molecule is CC\C=C/C=C\C=C/C=C\CCCCCC(=O)OCC(COC(=O)CCCCCCCC/C=C\C/C=C\C/C=C\C/C=C\CC)OC(=O)CCCCC\C=C/C=C\C=C/C=C\CC. The second-order valence-corrected chi connectivity index (χ2v) is 15.4. The Morgan fingerprint density at radius 1 is 0.333 bits per heavy atom. The zero-order chi connectivity index (χ0) is 45.8. The highest BCUT2D eigenvalue weighted by molar-refractivity contribution is 5.71. The van der Waals surface area contributed by atoms with Crippen LogP contribution in [0.2, 0.25) is 0 Å². The van der Waals surface area contributed by atoms with Gasteiger partial charge in [-0.25, -0.2) is 0 Å². The predicted octanol–water partition coefficient (Wildman–Crippen LogP) is 16.1. The van der Waals surface area contributed by atoms with E-state index in [1.165, 1.54) is 12.8 Å². The van der Waals surface area contributed by atoms with Crippen LogP contribution in [-0.4, -0.2) is 37.2 Å². The number of unbranched alkanes of at least 4 members (excludes halogenated alkanes) is 12. The molecule has 0 bridgehead atoms. The van der Waals surface area contributed by atoms with Gasteiger partial charge in [0.1, 0.15) is 13.2 Å². The van der Waals surface area contributed by atoms with Gasteiger partial charge in [0.05, 0.1) is 0 Å². The molecule has 63 heavy (non-hydrogen) atoms. The summed E-state index contributed by atoms with van der Waals surface area (Å²) in [6, 6.07) is 0. The molecule has 0 saturated carbocycles. The lowest BCUT2D eigenvalue weighted by molar-refractivity contribution is -0.167. The summed E-state index contributed by atoms with van der Waals surface area (Å²) >= 11 is 0. The predicted molar refractivity (Wildman–Crippen MR) is 269 cm³/mol. The van der Waals surface area contributed by atoms with E-state index in [0.29, 0.717) is 19.3 Å². The summed E-state index contributed by atoms with van der Waals surface area (Å²) in [6.45, 7) is 6.12. The fraction of sp³-hybridized carbons (Fsp3) is 0.526. The van der Waals surface area contributed by atoms with Gasteiger partial charge in [-0.3, -0.25) is 14.4 Å². The number of esters is 3. The third-order valence-corrected chi connectivity index (χ3v) is 9.51. The quantitative estimate of drug-likeness (QED) is 0.0200. The number of carbonyl (C=O) groups is 3. The van der Waals surface area contributed by atoms with Crippen LogP contribution in [-0.2, 0) is 28.6 Å². The van der Waals surface area contributed by atoms with E-state index >= 15 is 0 Å². The number of allylic oxidation sites excluding steroid dienone is 24. The van der Waals surface area contributed by atoms with E-state index in [1.54, 1.807) is 0 Å². The molecule has 1 unspecified atom stereocenters. The Bertz CT molecular complexity index is 1460. The van der Waals surface area contributed by atoms with Crippen LogP contribution < -0.4 is 0 Å². The van der Waals surface area contributed by atoms with Crippen molar-refractivity contribution in [3.8, 4) is 0 Å². The minimum atomic E-state index is -0.826. The molecular formula is C57H86O6. The lowest BCUT2D eigenvalue weighted by Gasteiger charge is -2.18. The van der Waals surface area contributed by atoms with Crippen molar-refractivity contribution in [1.29, 1.82) is 0 Å². The Labute approximate surface area is 385 Å². The smallest absolute Gasteiger partial charge is 0.306 e. The van der Waals surface area contributed by atoms with E-state index < -0.39 is 6.10 Å². The normalized spacial score (nSPS) is 13.4. The molecule has 0 rings (SSSR count). The summed E-state index contributed by atoms with van der Waals surface area (Å²) in [5.74, 6) is -1.03. The Kier molecular flexibility index (Phi) is 46.2. The maximum Gasteiger partial charge on any atom is 0.306 e. The molecule has 0 N–H and O–H groups in total. The Morgan fingerprint density at radius 3 is 1.10 bits per heavy atom. The van der Waals surface area contributed by atoms with Crippen LogP contribution in [0.5, 0.6) is 0 Å². The molecular weight excluding hydrogens is 781 g/mol. The molecule has 0 aliphatic rings. The first-order valence-electron chi connectivity index (χ1n) is 24.4. The van der Waals surface area contributed by atoms with Gasteiger partial charge >= 0.3 is 17.9 Å². The summed E-state index contributed by atoms with van der Waals surface area (Å²) in [5, 5.41) is 0. The van der Waals surface area contributed by atoms with Gasteiger partial charge in [-0.1, -0.05) is 205 Å². The van der Waals surface area contributed by atoms with E-state index in [-0.39, 0.29) is 37.5 Å². The first-order chi connectivity index (χ1) is 31.0. The van der Waals surface area contributed by atoms with Crippen molar-refractivity contribution in [2.75, 3.05) is 13.2 Å². The fourth-order valence-electron chi connectivity index (χ4n) is 5.92. The second-order valence-electron chi connectivity index (χ2n) is 15.4. The van der Waals surface area contributed by atoms with Crippen molar-refractivity contribution < 1.29 is 28.6 Å². The maximum atomic E-state index is 12.8. The van der Waals surface area contributed by atoms with Crippen LogP contribution in [0.15, 0.2) is 146 Å². The third kappa shape index (κ3) is 48.2. The average Bonchev–Trinajstić information content (AvgIpc) is 3.28. The van der Waals surface area contributed by atoms with E-state index in [4.69, 9.17) is 14.2 Å². The zero-order valence-electron chi connectivity index (χ0n) is 39.8. The fourth-order valence-corrected chi connectivity index (χ4v) is 5.92. The molecule has 0 saturated heterocycles. The highest BCUT2D eigenvalue weighted by Crippen LogP contribution is 2.12. The molecule has 0 aliphatic carbocycles. The average molecular weight is 867 g/mol. The lowest BCUT2D eigenvalue weighted by atomic mass is 10.1. The topological polar surface area (TPSA) is 78.9 Å². The largest absolute Gasteiger partial charge is 0.462 e. The minimum absolute atomic E-state index is 0.121. The van der Waals surface area contributed by atoms with Crippen molar-refractivity contribution >= 4 is 17.9 Å². The van der Waals surface area contributed by atoms with Crippen molar-refractivity contribution in [2.24, 2.45) is 0 Å². The van der Waals surface area contributed by atoms with Crippen molar-refractivity contribution in [3.05, 3.63) is 146 Å². The van der Waals surface area contributed by atoms with E-state index in [2.05, 4.69) is 93.7 Å². The minimum Gasteiger partial charge on any atom is -0.462 e. The van der Waals surface area contributed by atoms with Crippen LogP contribution >= 0.6 is 0 Å². The highest BCUT2D eigenvalue weighted by atomic mass is 16.6. The number of carbonyl (C=O) groups excluding carboxylic acids is 3. The zero-order valence-corrected chi connectivity index (χ0v) is 39.8. The Morgan fingerprint density at radius 2 is 0.651 bits per heavy atom. The number of rotatable bonds is 41.